The van der Waals surface area contributed by atoms with E-state index < -0.39 is 41.9 Å². The van der Waals surface area contributed by atoms with Crippen LogP contribution in [0.25, 0.3) is 22.3 Å². The van der Waals surface area contributed by atoms with E-state index in [1.165, 1.54) is 89.0 Å². The van der Waals surface area contributed by atoms with Crippen LogP contribution in [0, 0.1) is 22.7 Å². The first-order valence-electron chi connectivity index (χ1n) is 33.5. The van der Waals surface area contributed by atoms with E-state index in [9.17, 15) is 0 Å². The molecule has 2 atom stereocenters. The second-order valence-electron chi connectivity index (χ2n) is 32.7. The maximum absolute atomic E-state index is 3.10. The van der Waals surface area contributed by atoms with E-state index in [1.807, 2.05) is 0 Å². The van der Waals surface area contributed by atoms with Crippen LogP contribution in [0.1, 0.15) is 205 Å². The van der Waals surface area contributed by atoms with E-state index >= 15 is 0 Å². The summed E-state index contributed by atoms with van der Waals surface area (Å²) in [7, 11) is 0. The molecule has 12 rings (SSSR count). The predicted octanol–water partition coefficient (Wildman–Crippen LogP) is 15.8. The van der Waals surface area contributed by atoms with Gasteiger partial charge in [0.25, 0.3) is 0 Å². The molecule has 8 aromatic rings. The minimum atomic E-state index is -3.10. The Morgan fingerprint density at radius 3 is 0.837 bits per heavy atom. The summed E-state index contributed by atoms with van der Waals surface area (Å²) in [5.41, 5.74) is 26.9. The molecule has 0 bridgehead atoms. The van der Waals surface area contributed by atoms with Crippen LogP contribution >= 0.6 is 0 Å². The molecule has 0 spiro atoms. The van der Waals surface area contributed by atoms with Crippen LogP contribution in [0.5, 0.6) is 0 Å². The number of rotatable bonds is 8. The summed E-state index contributed by atoms with van der Waals surface area (Å²) in [4.78, 5) is 0. The van der Waals surface area contributed by atoms with Crippen LogP contribution < -0.4 is 31.5 Å². The normalized spacial score (nSPS) is 15.8. The molecule has 4 aliphatic carbocycles. The van der Waals surface area contributed by atoms with E-state index in [0.29, 0.717) is 11.8 Å². The largest absolute Gasteiger partial charge is 1.00 e. The Hall–Kier alpha value is -5.22. The molecule has 2 unspecified atom stereocenters. The zero-order valence-corrected chi connectivity index (χ0v) is 67.7. The fourth-order valence-electron chi connectivity index (χ4n) is 13.9. The molecular formula is C88H100Cl2Hf2-2. The van der Waals surface area contributed by atoms with Crippen molar-refractivity contribution < 1.29 is 66.7 Å². The second kappa shape index (κ2) is 27.1. The predicted molar refractivity (Wildman–Crippen MR) is 385 cm³/mol. The summed E-state index contributed by atoms with van der Waals surface area (Å²) >= 11 is -6.19. The minimum absolute atomic E-state index is 0. The van der Waals surface area contributed by atoms with Gasteiger partial charge in [0.15, 0.2) is 0 Å². The average Bonchev–Trinajstić information content (AvgIpc) is 1.56. The van der Waals surface area contributed by atoms with Gasteiger partial charge < -0.3 is 24.8 Å². The number of halogens is 2. The van der Waals surface area contributed by atoms with Gasteiger partial charge in [-0.3, -0.25) is 0 Å². The molecule has 0 aliphatic heterocycles. The van der Waals surface area contributed by atoms with Gasteiger partial charge in [-0.1, -0.05) is 0 Å². The van der Waals surface area contributed by atoms with Crippen molar-refractivity contribution in [3.63, 3.8) is 0 Å². The topological polar surface area (TPSA) is 0 Å². The van der Waals surface area contributed by atoms with Crippen LogP contribution in [-0.2, 0) is 76.4 Å². The zero-order chi connectivity index (χ0) is 64.6. The van der Waals surface area contributed by atoms with Crippen molar-refractivity contribution in [3.8, 4) is 22.3 Å². The number of allylic oxidation sites excluding steroid dienone is 8. The average molecular weight is 1590 g/mol. The summed E-state index contributed by atoms with van der Waals surface area (Å²) in [6.45, 7) is 47.5. The van der Waals surface area contributed by atoms with Gasteiger partial charge in [-0.2, -0.15) is 0 Å². The fourth-order valence-corrected chi connectivity index (χ4v) is 38.7. The SMILES string of the molecule is CC1C=C(C(C)(C)C)C=[C]1[Hf](=[C](c1ccccc1)c1ccccc1)[c]1cc(C(C)(C)C)cc2c1Cc1ccc(C(C)(C)C)cc1-2.CC1C=C(C(C)(C)C)C=[C]1[Hf](=[C](c1ccccc1)c1ccccc1)[c]1cc(C(C)(C)C)cc2c1Cc1ccc(C(C)(C)C)cc1-2.[Cl-].[Cl-]. The maximum Gasteiger partial charge on any atom is -1.00 e. The van der Waals surface area contributed by atoms with Crippen LogP contribution in [0.2, 0.25) is 0 Å². The molecule has 0 saturated heterocycles. The Kier molecular flexibility index (Phi) is 21.0. The van der Waals surface area contributed by atoms with Gasteiger partial charge >= 0.3 is 564 Å². The third-order valence-corrected chi connectivity index (χ3v) is 42.8. The first kappa shape index (κ1) is 71.1. The van der Waals surface area contributed by atoms with E-state index in [4.69, 9.17) is 0 Å². The summed E-state index contributed by atoms with van der Waals surface area (Å²) in [6, 6.07) is 70.5. The van der Waals surface area contributed by atoms with Gasteiger partial charge in [0.1, 0.15) is 0 Å². The maximum atomic E-state index is 2.67. The van der Waals surface area contributed by atoms with Gasteiger partial charge in [-0.05, 0) is 0 Å². The molecule has 0 aromatic heterocycles. The molecule has 0 amide bonds. The van der Waals surface area contributed by atoms with Crippen LogP contribution in [0.3, 0.4) is 0 Å². The van der Waals surface area contributed by atoms with E-state index in [1.54, 1.807) is 30.9 Å². The van der Waals surface area contributed by atoms with Crippen molar-refractivity contribution in [2.75, 3.05) is 0 Å². The Labute approximate surface area is 583 Å². The minimum Gasteiger partial charge on any atom is -1.00 e. The molecule has 476 valence electrons. The first-order chi connectivity index (χ1) is 42.3. The van der Waals surface area contributed by atoms with Gasteiger partial charge in [-0.15, -0.1) is 0 Å². The van der Waals surface area contributed by atoms with Crippen molar-refractivity contribution in [2.24, 2.45) is 22.7 Å². The number of fused-ring (bicyclic) bond motifs is 6. The van der Waals surface area contributed by atoms with E-state index in [0.717, 1.165) is 12.8 Å². The zero-order valence-electron chi connectivity index (χ0n) is 59.0. The quantitative estimate of drug-likeness (QED) is 0.133. The Balaban J connectivity index is 0.000000213. The molecule has 8 aromatic carbocycles. The van der Waals surface area contributed by atoms with Gasteiger partial charge in [0, 0.05) is 0 Å². The van der Waals surface area contributed by atoms with E-state index in [-0.39, 0.29) is 57.3 Å². The van der Waals surface area contributed by atoms with Gasteiger partial charge in [-0.25, -0.2) is 0 Å². The molecule has 4 heteroatoms. The fraction of sp³-hybridized carbons (Fsp3) is 0.341. The van der Waals surface area contributed by atoms with E-state index in [2.05, 4.69) is 345 Å². The van der Waals surface area contributed by atoms with Crippen molar-refractivity contribution in [1.82, 2.24) is 0 Å². The Morgan fingerprint density at radius 1 is 0.315 bits per heavy atom. The molecule has 0 nitrogen and oxygen atoms in total. The Morgan fingerprint density at radius 2 is 0.587 bits per heavy atom. The molecule has 0 heterocycles. The summed E-state index contributed by atoms with van der Waals surface area (Å²) in [6.07, 6.45) is 12.5. The first-order valence-corrected chi connectivity index (χ1v) is 44.3. The Bertz CT molecular complexity index is 3890. The molecular weight excluding hydrogens is 1480 g/mol. The van der Waals surface area contributed by atoms with Crippen molar-refractivity contribution >= 4 is 13.2 Å². The standard InChI is InChI=1S/2C21H25.2C13H10.2C10H15.2ClH.2Hf/c2*1-20(2,3)16-9-7-14-11-15-8-10-17(21(4,5)6)13-19(15)18(14)12-16;2*1-3-7-12(8-4-1)11-13-9-5-2-6-10-13;2*1-8-5-6-9(7-8)10(2,3)4;;;;/h2*7,9-10,12-13H,11H2,1-6H3;2*1-10H;2*6-8H,1-4H3;2*1H;;/p-2. The molecule has 0 fully saturated rings. The molecule has 0 N–H and O–H groups in total. The number of benzene rings is 8. The molecule has 0 radical (unpaired) electrons. The van der Waals surface area contributed by atoms with Gasteiger partial charge in [0.05, 0.1) is 0 Å². The van der Waals surface area contributed by atoms with Crippen LogP contribution in [-0.4, -0.2) is 6.51 Å². The molecule has 4 aliphatic rings. The number of hydrogen-bond donors (Lipinski definition) is 0. The van der Waals surface area contributed by atoms with Crippen molar-refractivity contribution in [3.05, 3.63) is 291 Å². The van der Waals surface area contributed by atoms with Crippen LogP contribution in [0.15, 0.2) is 224 Å². The molecule has 0 saturated carbocycles. The second-order valence-corrected chi connectivity index (χ2v) is 49.7. The summed E-state index contributed by atoms with van der Waals surface area (Å²) in [5, 5.41) is 0. The number of hydrogen-bond acceptors (Lipinski definition) is 0. The smallest absolute Gasteiger partial charge is 1.00 e. The molecule has 92 heavy (non-hydrogen) atoms. The van der Waals surface area contributed by atoms with Gasteiger partial charge in [0.2, 0.25) is 0 Å². The monoisotopic (exact) mass is 1590 g/mol. The third kappa shape index (κ3) is 14.8. The summed E-state index contributed by atoms with van der Waals surface area (Å²) in [5.74, 6) is 0.878. The third-order valence-electron chi connectivity index (χ3n) is 19.6. The van der Waals surface area contributed by atoms with Crippen molar-refractivity contribution in [2.45, 2.75) is 173 Å². The summed E-state index contributed by atoms with van der Waals surface area (Å²) < 4.78 is 10.0. The van der Waals surface area contributed by atoms with Crippen molar-refractivity contribution in [1.29, 1.82) is 0 Å². The van der Waals surface area contributed by atoms with Crippen LogP contribution in [0.4, 0.5) is 0 Å².